The summed E-state index contributed by atoms with van der Waals surface area (Å²) in [5, 5.41) is 3.36. The highest BCUT2D eigenvalue weighted by Gasteiger charge is 2.18. The van der Waals surface area contributed by atoms with Crippen LogP contribution in [-0.4, -0.2) is 49.0 Å². The summed E-state index contributed by atoms with van der Waals surface area (Å²) in [5.74, 6) is 2.09. The van der Waals surface area contributed by atoms with E-state index in [1.165, 1.54) is 12.8 Å². The van der Waals surface area contributed by atoms with Gasteiger partial charge in [0.15, 0.2) is 0 Å². The Bertz CT molecular complexity index is 229. The molecule has 0 saturated carbocycles. The van der Waals surface area contributed by atoms with Crippen LogP contribution < -0.4 is 5.32 Å². The normalized spacial score (nSPS) is 19.0. The predicted octanol–water partition coefficient (Wildman–Crippen LogP) is 1.98. The van der Waals surface area contributed by atoms with Gasteiger partial charge in [-0.15, -0.1) is 0 Å². The van der Waals surface area contributed by atoms with Crippen molar-refractivity contribution in [3.05, 3.63) is 0 Å². The molecule has 1 saturated heterocycles. The Morgan fingerprint density at radius 1 is 1.47 bits per heavy atom. The van der Waals surface area contributed by atoms with Gasteiger partial charge in [-0.1, -0.05) is 0 Å². The molecule has 1 N–H and O–H groups in total. The molecule has 4 heteroatoms. The van der Waals surface area contributed by atoms with Crippen molar-refractivity contribution in [1.82, 2.24) is 10.2 Å². The third-order valence-electron chi connectivity index (χ3n) is 3.69. The molecule has 3 nitrogen and oxygen atoms in total. The van der Waals surface area contributed by atoms with Crippen molar-refractivity contribution in [3.63, 3.8) is 0 Å². The SMILES string of the molecule is CSCC(C)N(C)C(=O)CCC1CCNCC1. The lowest BCUT2D eigenvalue weighted by Crippen LogP contribution is -2.37. The number of amides is 1. The number of rotatable bonds is 6. The van der Waals surface area contributed by atoms with Gasteiger partial charge in [0.1, 0.15) is 0 Å². The Morgan fingerprint density at radius 3 is 2.71 bits per heavy atom. The van der Waals surface area contributed by atoms with E-state index in [2.05, 4.69) is 18.5 Å². The molecule has 0 aromatic heterocycles. The van der Waals surface area contributed by atoms with Gasteiger partial charge in [-0.05, 0) is 51.4 Å². The summed E-state index contributed by atoms with van der Waals surface area (Å²) < 4.78 is 0. The molecule has 0 radical (unpaired) electrons. The highest BCUT2D eigenvalue weighted by Crippen LogP contribution is 2.18. The minimum Gasteiger partial charge on any atom is -0.342 e. The predicted molar refractivity (Wildman–Crippen MR) is 75.4 cm³/mol. The Hall–Kier alpha value is -0.220. The second kappa shape index (κ2) is 7.98. The van der Waals surface area contributed by atoms with Crippen LogP contribution >= 0.6 is 11.8 Å². The smallest absolute Gasteiger partial charge is 0.222 e. The summed E-state index contributed by atoms with van der Waals surface area (Å²) in [6.45, 7) is 4.37. The first-order chi connectivity index (χ1) is 8.15. The Labute approximate surface area is 110 Å². The van der Waals surface area contributed by atoms with E-state index in [1.807, 2.05) is 11.9 Å². The molecule has 1 rings (SSSR count). The van der Waals surface area contributed by atoms with Crippen LogP contribution in [-0.2, 0) is 4.79 Å². The molecule has 17 heavy (non-hydrogen) atoms. The molecular formula is C13H26N2OS. The summed E-state index contributed by atoms with van der Waals surface area (Å²) in [6.07, 6.45) is 6.34. The van der Waals surface area contributed by atoms with Gasteiger partial charge in [0.25, 0.3) is 0 Å². The Balaban J connectivity index is 2.23. The highest BCUT2D eigenvalue weighted by molar-refractivity contribution is 7.98. The number of carbonyl (C=O) groups excluding carboxylic acids is 1. The molecule has 1 heterocycles. The van der Waals surface area contributed by atoms with Gasteiger partial charge in [0, 0.05) is 25.3 Å². The van der Waals surface area contributed by atoms with Gasteiger partial charge >= 0.3 is 0 Å². The molecule has 0 spiro atoms. The van der Waals surface area contributed by atoms with Crippen molar-refractivity contribution in [2.75, 3.05) is 32.1 Å². The molecule has 0 aromatic rings. The molecule has 0 bridgehead atoms. The van der Waals surface area contributed by atoms with E-state index in [1.54, 1.807) is 11.8 Å². The summed E-state index contributed by atoms with van der Waals surface area (Å²) in [5.41, 5.74) is 0. The van der Waals surface area contributed by atoms with Crippen molar-refractivity contribution in [1.29, 1.82) is 0 Å². The van der Waals surface area contributed by atoms with Crippen LogP contribution in [0.1, 0.15) is 32.6 Å². The van der Waals surface area contributed by atoms with E-state index >= 15 is 0 Å². The first kappa shape index (κ1) is 14.8. The van der Waals surface area contributed by atoms with Crippen LogP contribution in [0.15, 0.2) is 0 Å². The standard InChI is InChI=1S/C13H26N2OS/c1-11(10-17-3)15(2)13(16)5-4-12-6-8-14-9-7-12/h11-12,14H,4-10H2,1-3H3. The second-order valence-corrected chi connectivity index (χ2v) is 5.95. The lowest BCUT2D eigenvalue weighted by molar-refractivity contribution is -0.131. The lowest BCUT2D eigenvalue weighted by Gasteiger charge is -2.26. The third-order valence-corrected chi connectivity index (χ3v) is 4.50. The van der Waals surface area contributed by atoms with E-state index in [4.69, 9.17) is 0 Å². The molecule has 0 aliphatic carbocycles. The highest BCUT2D eigenvalue weighted by atomic mass is 32.2. The molecule has 0 aromatic carbocycles. The third kappa shape index (κ3) is 5.30. The zero-order chi connectivity index (χ0) is 12.7. The van der Waals surface area contributed by atoms with Gasteiger partial charge in [-0.25, -0.2) is 0 Å². The number of hydrogen-bond acceptors (Lipinski definition) is 3. The molecule has 1 atom stereocenters. The molecule has 1 aliphatic heterocycles. The number of hydrogen-bond donors (Lipinski definition) is 1. The molecule has 1 aliphatic rings. The summed E-state index contributed by atoms with van der Waals surface area (Å²) in [7, 11) is 1.94. The minimum atomic E-state index is 0.310. The van der Waals surface area contributed by atoms with Crippen molar-refractivity contribution in [2.24, 2.45) is 5.92 Å². The van der Waals surface area contributed by atoms with E-state index in [9.17, 15) is 4.79 Å². The Kier molecular flexibility index (Phi) is 6.97. The van der Waals surface area contributed by atoms with Gasteiger partial charge in [-0.3, -0.25) is 4.79 Å². The maximum Gasteiger partial charge on any atom is 0.222 e. The van der Waals surface area contributed by atoms with Crippen molar-refractivity contribution >= 4 is 17.7 Å². The largest absolute Gasteiger partial charge is 0.342 e. The fraction of sp³-hybridized carbons (Fsp3) is 0.923. The monoisotopic (exact) mass is 258 g/mol. The number of piperidine rings is 1. The average molecular weight is 258 g/mol. The van der Waals surface area contributed by atoms with Crippen molar-refractivity contribution < 1.29 is 4.79 Å². The molecule has 1 unspecified atom stereocenters. The van der Waals surface area contributed by atoms with Crippen molar-refractivity contribution in [3.8, 4) is 0 Å². The van der Waals surface area contributed by atoms with E-state index in [0.717, 1.165) is 37.6 Å². The molecule has 1 fully saturated rings. The molecule has 100 valence electrons. The van der Waals surface area contributed by atoms with Crippen LogP contribution in [0.4, 0.5) is 0 Å². The first-order valence-electron chi connectivity index (χ1n) is 6.60. The van der Waals surface area contributed by atoms with Crippen LogP contribution in [0.2, 0.25) is 0 Å². The van der Waals surface area contributed by atoms with Crippen LogP contribution in [0.5, 0.6) is 0 Å². The average Bonchev–Trinajstić information content (AvgIpc) is 2.36. The quantitative estimate of drug-likeness (QED) is 0.790. The number of nitrogens with zero attached hydrogens (tertiary/aromatic N) is 1. The van der Waals surface area contributed by atoms with Gasteiger partial charge in [0.05, 0.1) is 0 Å². The molecular weight excluding hydrogens is 232 g/mol. The second-order valence-electron chi connectivity index (χ2n) is 5.04. The zero-order valence-corrected chi connectivity index (χ0v) is 12.2. The topological polar surface area (TPSA) is 32.3 Å². The van der Waals surface area contributed by atoms with Gasteiger partial charge < -0.3 is 10.2 Å². The Morgan fingerprint density at radius 2 is 2.12 bits per heavy atom. The fourth-order valence-electron chi connectivity index (χ4n) is 2.27. The maximum absolute atomic E-state index is 12.0. The molecule has 1 amide bonds. The van der Waals surface area contributed by atoms with E-state index in [-0.39, 0.29) is 0 Å². The van der Waals surface area contributed by atoms with Crippen LogP contribution in [0.25, 0.3) is 0 Å². The van der Waals surface area contributed by atoms with Crippen LogP contribution in [0.3, 0.4) is 0 Å². The first-order valence-corrected chi connectivity index (χ1v) is 7.99. The summed E-state index contributed by atoms with van der Waals surface area (Å²) in [4.78, 5) is 13.9. The number of carbonyl (C=O) groups is 1. The van der Waals surface area contributed by atoms with Crippen LogP contribution in [0, 0.1) is 5.92 Å². The van der Waals surface area contributed by atoms with Crippen molar-refractivity contribution in [2.45, 2.75) is 38.6 Å². The van der Waals surface area contributed by atoms with E-state index in [0.29, 0.717) is 11.9 Å². The summed E-state index contributed by atoms with van der Waals surface area (Å²) in [6, 6.07) is 0.352. The number of nitrogens with one attached hydrogen (secondary N) is 1. The van der Waals surface area contributed by atoms with E-state index < -0.39 is 0 Å². The zero-order valence-electron chi connectivity index (χ0n) is 11.4. The summed E-state index contributed by atoms with van der Waals surface area (Å²) >= 11 is 1.80. The lowest BCUT2D eigenvalue weighted by atomic mass is 9.93. The minimum absolute atomic E-state index is 0.310. The van der Waals surface area contributed by atoms with Gasteiger partial charge in [0.2, 0.25) is 5.91 Å². The fourth-order valence-corrected chi connectivity index (χ4v) is 2.98. The maximum atomic E-state index is 12.0. The number of thioether (sulfide) groups is 1. The van der Waals surface area contributed by atoms with Gasteiger partial charge in [-0.2, -0.15) is 11.8 Å².